The quantitative estimate of drug-likeness (QED) is 0.378. The first-order chi connectivity index (χ1) is 16.7. The summed E-state index contributed by atoms with van der Waals surface area (Å²) in [6.07, 6.45) is 5.22. The Kier molecular flexibility index (Phi) is 4.96. The second-order valence-electron chi connectivity index (χ2n) is 8.47. The van der Waals surface area contributed by atoms with E-state index in [1.165, 1.54) is 0 Å². The van der Waals surface area contributed by atoms with Crippen molar-refractivity contribution in [3.8, 4) is 11.1 Å². The summed E-state index contributed by atoms with van der Waals surface area (Å²) in [6, 6.07) is 11.3. The van der Waals surface area contributed by atoms with Crippen LogP contribution in [0.15, 0.2) is 55.0 Å². The Labute approximate surface area is 195 Å². The van der Waals surface area contributed by atoms with E-state index in [2.05, 4.69) is 35.8 Å². The van der Waals surface area contributed by atoms with Crippen LogP contribution >= 0.6 is 0 Å². The van der Waals surface area contributed by atoms with E-state index in [0.717, 1.165) is 59.7 Å². The van der Waals surface area contributed by atoms with Crippen LogP contribution in [0.4, 0.5) is 11.5 Å². The van der Waals surface area contributed by atoms with Crippen LogP contribution in [-0.4, -0.2) is 52.9 Å². The third-order valence-electron chi connectivity index (χ3n) is 6.34. The molecule has 1 saturated heterocycles. The molecule has 0 radical (unpaired) electrons. The van der Waals surface area contributed by atoms with Gasteiger partial charge in [0.2, 0.25) is 0 Å². The van der Waals surface area contributed by atoms with Crippen molar-refractivity contribution in [2.75, 3.05) is 36.4 Å². The third kappa shape index (κ3) is 3.65. The molecular weight excluding hydrogens is 430 g/mol. The second-order valence-corrected chi connectivity index (χ2v) is 8.47. The summed E-state index contributed by atoms with van der Waals surface area (Å²) in [5.74, 6) is 0.558. The van der Waals surface area contributed by atoms with Crippen molar-refractivity contribution in [3.63, 3.8) is 0 Å². The van der Waals surface area contributed by atoms with Gasteiger partial charge >= 0.3 is 0 Å². The molecule has 0 atom stereocenters. The fourth-order valence-corrected chi connectivity index (χ4v) is 4.54. The first-order valence-corrected chi connectivity index (χ1v) is 11.3. The highest BCUT2D eigenvalue weighted by Gasteiger charge is 2.20. The lowest BCUT2D eigenvalue weighted by molar-refractivity contribution is 0.0964. The molecule has 9 heteroatoms. The van der Waals surface area contributed by atoms with Crippen molar-refractivity contribution >= 4 is 34.4 Å². The summed E-state index contributed by atoms with van der Waals surface area (Å²) in [5.41, 5.74) is 5.53. The molecule has 5 heterocycles. The monoisotopic (exact) mass is 453 g/mol. The number of amides is 2. The zero-order chi connectivity index (χ0) is 23.1. The fraction of sp³-hybridized carbons (Fsp3) is 0.200. The Morgan fingerprint density at radius 2 is 1.91 bits per heavy atom. The summed E-state index contributed by atoms with van der Waals surface area (Å²) in [5, 5.41) is 10.0. The molecule has 1 aromatic carbocycles. The van der Waals surface area contributed by atoms with E-state index < -0.39 is 0 Å². The van der Waals surface area contributed by atoms with Gasteiger partial charge in [0.25, 0.3) is 11.8 Å². The highest BCUT2D eigenvalue weighted by atomic mass is 16.2. The first-order valence-electron chi connectivity index (χ1n) is 11.3. The molecule has 0 bridgehead atoms. The minimum Gasteiger partial charge on any atom is -0.354 e. The SMILES string of the molecule is O=C(Nc1cnc2[nH]cc(-c3ccc4c(c3)CNC4=O)c2c1)c1ccnc(N2CCNCC2)c1. The number of rotatable bonds is 4. The van der Waals surface area contributed by atoms with E-state index in [1.807, 2.05) is 36.5 Å². The van der Waals surface area contributed by atoms with E-state index in [4.69, 9.17) is 0 Å². The van der Waals surface area contributed by atoms with E-state index in [0.29, 0.717) is 23.4 Å². The maximum Gasteiger partial charge on any atom is 0.255 e. The van der Waals surface area contributed by atoms with Crippen molar-refractivity contribution in [1.29, 1.82) is 0 Å². The van der Waals surface area contributed by atoms with Gasteiger partial charge in [-0.3, -0.25) is 9.59 Å². The van der Waals surface area contributed by atoms with Crippen LogP contribution in [0, 0.1) is 0 Å². The highest BCUT2D eigenvalue weighted by molar-refractivity contribution is 6.06. The van der Waals surface area contributed by atoms with Gasteiger partial charge in [0.05, 0.1) is 11.9 Å². The molecule has 170 valence electrons. The van der Waals surface area contributed by atoms with Crippen molar-refractivity contribution in [2.45, 2.75) is 6.54 Å². The van der Waals surface area contributed by atoms with E-state index in [-0.39, 0.29) is 11.8 Å². The van der Waals surface area contributed by atoms with Crippen LogP contribution in [0.3, 0.4) is 0 Å². The molecule has 6 rings (SSSR count). The number of carbonyl (C=O) groups is 2. The molecule has 2 aliphatic rings. The minimum atomic E-state index is -0.209. The Bertz CT molecular complexity index is 1420. The van der Waals surface area contributed by atoms with E-state index >= 15 is 0 Å². The molecule has 0 saturated carbocycles. The molecule has 2 amide bonds. The summed E-state index contributed by atoms with van der Waals surface area (Å²) in [7, 11) is 0. The van der Waals surface area contributed by atoms with E-state index in [9.17, 15) is 9.59 Å². The average Bonchev–Trinajstić information content (AvgIpc) is 3.47. The summed E-state index contributed by atoms with van der Waals surface area (Å²) < 4.78 is 0. The molecule has 1 fully saturated rings. The van der Waals surface area contributed by atoms with Crippen LogP contribution in [0.1, 0.15) is 26.3 Å². The number of benzene rings is 1. The molecule has 0 aliphatic carbocycles. The zero-order valence-electron chi connectivity index (χ0n) is 18.4. The third-order valence-corrected chi connectivity index (χ3v) is 6.34. The lowest BCUT2D eigenvalue weighted by Crippen LogP contribution is -2.43. The van der Waals surface area contributed by atoms with Gasteiger partial charge in [-0.25, -0.2) is 9.97 Å². The van der Waals surface area contributed by atoms with Gasteiger partial charge in [0.1, 0.15) is 11.5 Å². The van der Waals surface area contributed by atoms with Crippen LogP contribution in [0.5, 0.6) is 0 Å². The van der Waals surface area contributed by atoms with Gasteiger partial charge in [0.15, 0.2) is 0 Å². The number of hydrogen-bond donors (Lipinski definition) is 4. The van der Waals surface area contributed by atoms with Gasteiger partial charge in [-0.2, -0.15) is 0 Å². The summed E-state index contributed by atoms with van der Waals surface area (Å²) >= 11 is 0. The molecular formula is C25H23N7O2. The molecule has 3 aromatic heterocycles. The van der Waals surface area contributed by atoms with Crippen molar-refractivity contribution in [1.82, 2.24) is 25.6 Å². The number of aromatic nitrogens is 3. The number of piperazine rings is 1. The molecule has 4 N–H and O–H groups in total. The number of fused-ring (bicyclic) bond motifs is 2. The topological polar surface area (TPSA) is 115 Å². The van der Waals surface area contributed by atoms with Crippen molar-refractivity contribution in [2.24, 2.45) is 0 Å². The van der Waals surface area contributed by atoms with Crippen LogP contribution < -0.4 is 20.9 Å². The van der Waals surface area contributed by atoms with Gasteiger partial charge in [-0.15, -0.1) is 0 Å². The number of nitrogens with one attached hydrogen (secondary N) is 4. The number of nitrogens with zero attached hydrogens (tertiary/aromatic N) is 3. The van der Waals surface area contributed by atoms with Crippen molar-refractivity contribution in [3.05, 3.63) is 71.7 Å². The van der Waals surface area contributed by atoms with Gasteiger partial charge < -0.3 is 25.8 Å². The molecule has 34 heavy (non-hydrogen) atoms. The van der Waals surface area contributed by atoms with Crippen LogP contribution in [0.25, 0.3) is 22.2 Å². The highest BCUT2D eigenvalue weighted by Crippen LogP contribution is 2.32. The number of H-pyrrole nitrogens is 1. The summed E-state index contributed by atoms with van der Waals surface area (Å²) in [4.78, 5) is 39.2. The molecule has 4 aromatic rings. The predicted octanol–water partition coefficient (Wildman–Crippen LogP) is 2.53. The first kappa shape index (κ1) is 20.4. The average molecular weight is 454 g/mol. The van der Waals surface area contributed by atoms with Crippen LogP contribution in [-0.2, 0) is 6.54 Å². The largest absolute Gasteiger partial charge is 0.354 e. The summed E-state index contributed by atoms with van der Waals surface area (Å²) in [6.45, 7) is 4.06. The minimum absolute atomic E-state index is 0.0386. The van der Waals surface area contributed by atoms with Crippen LogP contribution in [0.2, 0.25) is 0 Å². The van der Waals surface area contributed by atoms with Gasteiger partial charge in [-0.1, -0.05) is 6.07 Å². The Balaban J connectivity index is 1.27. The van der Waals surface area contributed by atoms with Crippen molar-refractivity contribution < 1.29 is 9.59 Å². The lowest BCUT2D eigenvalue weighted by Gasteiger charge is -2.28. The van der Waals surface area contributed by atoms with Gasteiger partial charge in [0, 0.05) is 67.2 Å². The maximum atomic E-state index is 13.0. The lowest BCUT2D eigenvalue weighted by atomic mass is 10.0. The Morgan fingerprint density at radius 3 is 2.79 bits per heavy atom. The second kappa shape index (κ2) is 8.27. The number of aromatic amines is 1. The number of pyridine rings is 2. The number of anilines is 2. The maximum absolute atomic E-state index is 13.0. The Morgan fingerprint density at radius 1 is 1.03 bits per heavy atom. The number of hydrogen-bond acceptors (Lipinski definition) is 6. The number of carbonyl (C=O) groups excluding carboxylic acids is 2. The fourth-order valence-electron chi connectivity index (χ4n) is 4.54. The molecule has 2 aliphatic heterocycles. The normalized spacial score (nSPS) is 15.3. The Hall–Kier alpha value is -4.24. The zero-order valence-corrected chi connectivity index (χ0v) is 18.4. The molecule has 0 spiro atoms. The molecule has 9 nitrogen and oxygen atoms in total. The molecule has 0 unspecified atom stereocenters. The smallest absolute Gasteiger partial charge is 0.255 e. The standard InChI is InChI=1S/C25H23N7O2/c33-24(16-3-4-27-22(10-16)32-7-5-26-6-8-32)31-18-11-20-21(14-29-23(20)28-13-18)15-1-2-19-17(9-15)12-30-25(19)34/h1-4,9-11,13-14,26H,5-8,12H2,(H,28,29)(H,30,34)(H,31,33). The van der Waals surface area contributed by atoms with E-state index in [1.54, 1.807) is 18.5 Å². The predicted molar refractivity (Wildman–Crippen MR) is 130 cm³/mol. The van der Waals surface area contributed by atoms with Gasteiger partial charge in [-0.05, 0) is 41.5 Å².